The van der Waals surface area contributed by atoms with Gasteiger partial charge in [-0.25, -0.2) is 14.5 Å². The van der Waals surface area contributed by atoms with E-state index in [0.29, 0.717) is 23.0 Å². The van der Waals surface area contributed by atoms with E-state index in [-0.39, 0.29) is 13.2 Å². The summed E-state index contributed by atoms with van der Waals surface area (Å²) in [6, 6.07) is 7.37. The Morgan fingerprint density at radius 3 is 2.86 bits per heavy atom. The number of hydrogen-bond acceptors (Lipinski definition) is 6. The molecule has 1 N–H and O–H groups in total. The van der Waals surface area contributed by atoms with Crippen molar-refractivity contribution in [1.82, 2.24) is 24.1 Å². The Labute approximate surface area is 166 Å². The van der Waals surface area contributed by atoms with Crippen LogP contribution in [0.2, 0.25) is 5.02 Å². The lowest BCUT2D eigenvalue weighted by atomic mass is 10.2. The Balaban J connectivity index is 1.60. The second kappa shape index (κ2) is 7.57. The van der Waals surface area contributed by atoms with Crippen molar-refractivity contribution in [3.05, 3.63) is 58.3 Å². The molecule has 8 nitrogen and oxygen atoms in total. The van der Waals surface area contributed by atoms with Crippen molar-refractivity contribution in [2.24, 2.45) is 5.16 Å². The molecule has 4 aromatic rings. The number of rotatable bonds is 6. The molecule has 28 heavy (non-hydrogen) atoms. The smallest absolute Gasteiger partial charge is 0.192 e. The Bertz CT molecular complexity index is 1180. The van der Waals surface area contributed by atoms with Crippen molar-refractivity contribution >= 4 is 34.5 Å². The largest absolute Gasteiger partial charge is 0.395 e. The van der Waals surface area contributed by atoms with Crippen LogP contribution in [-0.2, 0) is 18.0 Å². The highest BCUT2D eigenvalue weighted by Crippen LogP contribution is 2.26. The maximum atomic E-state index is 9.33. The van der Waals surface area contributed by atoms with Gasteiger partial charge in [-0.15, -0.1) is 5.10 Å². The molecule has 0 amide bonds. The van der Waals surface area contributed by atoms with Crippen molar-refractivity contribution < 1.29 is 9.94 Å². The number of nitrogens with zero attached hydrogens (tertiary/aromatic N) is 6. The number of fused-ring (bicyclic) bond motifs is 3. The third kappa shape index (κ3) is 3.21. The average molecular weight is 399 g/mol. The molecule has 144 valence electrons. The number of oxime groups is 1. The lowest BCUT2D eigenvalue weighted by Gasteiger charge is -2.04. The predicted octanol–water partition coefficient (Wildman–Crippen LogP) is 2.89. The number of aryl methyl sites for hydroxylation is 1. The predicted molar refractivity (Wildman–Crippen MR) is 107 cm³/mol. The maximum Gasteiger partial charge on any atom is 0.192 e. The Kier molecular flexibility index (Phi) is 4.97. The van der Waals surface area contributed by atoms with Crippen LogP contribution in [0, 0.1) is 13.8 Å². The van der Waals surface area contributed by atoms with E-state index < -0.39 is 0 Å². The molecule has 9 heteroatoms. The molecule has 0 aliphatic carbocycles. The first-order valence-corrected chi connectivity index (χ1v) is 9.18. The molecule has 0 spiro atoms. The second-order valence-electron chi connectivity index (χ2n) is 6.35. The van der Waals surface area contributed by atoms with Crippen molar-refractivity contribution in [3.63, 3.8) is 0 Å². The Hall–Kier alpha value is -2.97. The van der Waals surface area contributed by atoms with Gasteiger partial charge in [0.25, 0.3) is 0 Å². The number of hydrogen-bond donors (Lipinski definition) is 1. The first-order valence-electron chi connectivity index (χ1n) is 8.80. The van der Waals surface area contributed by atoms with Crippen molar-refractivity contribution in [1.29, 1.82) is 0 Å². The highest BCUT2D eigenvalue weighted by molar-refractivity contribution is 6.33. The van der Waals surface area contributed by atoms with Gasteiger partial charge >= 0.3 is 0 Å². The molecule has 0 atom stereocenters. The van der Waals surface area contributed by atoms with Gasteiger partial charge in [0.2, 0.25) is 0 Å². The minimum atomic E-state index is 0.0478. The quantitative estimate of drug-likeness (QED) is 0.398. The molecule has 0 saturated carbocycles. The number of aromatic nitrogens is 5. The van der Waals surface area contributed by atoms with E-state index in [4.69, 9.17) is 16.4 Å². The van der Waals surface area contributed by atoms with Gasteiger partial charge in [0.15, 0.2) is 18.1 Å². The highest BCUT2D eigenvalue weighted by atomic mass is 35.5. The third-order valence-electron chi connectivity index (χ3n) is 4.68. The lowest BCUT2D eigenvalue weighted by Crippen LogP contribution is -2.05. The first kappa shape index (κ1) is 18.4. The van der Waals surface area contributed by atoms with Gasteiger partial charge in [0.05, 0.1) is 18.2 Å². The van der Waals surface area contributed by atoms with E-state index in [0.717, 1.165) is 27.9 Å². The summed E-state index contributed by atoms with van der Waals surface area (Å²) in [6.45, 7) is 4.69. The first-order chi connectivity index (χ1) is 13.6. The molecule has 3 heterocycles. The molecule has 1 aromatic carbocycles. The standard InChI is InChI=1S/C19H19ClN6O2/c1-12-13(2)25(7-8-27)18-17(12)19-23-16(24-26(19)11-21-18)10-28-22-9-14-5-3-4-6-15(14)20/h3-6,9,11,27H,7-8,10H2,1-2H3. The molecule has 0 aliphatic rings. The molecular formula is C19H19ClN6O2. The van der Waals surface area contributed by atoms with Gasteiger partial charge in [0.1, 0.15) is 12.0 Å². The lowest BCUT2D eigenvalue weighted by molar-refractivity contribution is 0.126. The minimum Gasteiger partial charge on any atom is -0.395 e. The summed E-state index contributed by atoms with van der Waals surface area (Å²) in [5, 5.41) is 19.2. The number of aliphatic hydroxyl groups is 1. The monoisotopic (exact) mass is 398 g/mol. The molecular weight excluding hydrogens is 380 g/mol. The molecule has 0 aliphatic heterocycles. The molecule has 0 fully saturated rings. The molecule has 3 aromatic heterocycles. The van der Waals surface area contributed by atoms with Crippen LogP contribution in [0.1, 0.15) is 22.6 Å². The van der Waals surface area contributed by atoms with Gasteiger partial charge < -0.3 is 14.5 Å². The van der Waals surface area contributed by atoms with E-state index in [9.17, 15) is 5.11 Å². The maximum absolute atomic E-state index is 9.33. The number of aliphatic hydroxyl groups excluding tert-OH is 1. The van der Waals surface area contributed by atoms with E-state index in [1.165, 1.54) is 0 Å². The SMILES string of the molecule is Cc1c(C)n(CCO)c2ncn3nc(CON=Cc4ccccc4Cl)nc3c12. The van der Waals surface area contributed by atoms with Crippen LogP contribution in [0.25, 0.3) is 16.7 Å². The zero-order chi connectivity index (χ0) is 19.7. The van der Waals surface area contributed by atoms with E-state index >= 15 is 0 Å². The van der Waals surface area contributed by atoms with Crippen molar-refractivity contribution in [2.75, 3.05) is 6.61 Å². The summed E-state index contributed by atoms with van der Waals surface area (Å²) in [6.07, 6.45) is 3.17. The second-order valence-corrected chi connectivity index (χ2v) is 6.76. The zero-order valence-electron chi connectivity index (χ0n) is 15.5. The summed E-state index contributed by atoms with van der Waals surface area (Å²) in [7, 11) is 0. The van der Waals surface area contributed by atoms with Crippen LogP contribution in [0.5, 0.6) is 0 Å². The third-order valence-corrected chi connectivity index (χ3v) is 5.02. The van der Waals surface area contributed by atoms with E-state index in [1.54, 1.807) is 23.1 Å². The topological polar surface area (TPSA) is 89.8 Å². The minimum absolute atomic E-state index is 0.0478. The molecule has 0 saturated heterocycles. The number of halogens is 1. The van der Waals surface area contributed by atoms with Crippen LogP contribution < -0.4 is 0 Å². The van der Waals surface area contributed by atoms with E-state index in [1.807, 2.05) is 36.6 Å². The summed E-state index contributed by atoms with van der Waals surface area (Å²) >= 11 is 6.08. The molecule has 0 radical (unpaired) electrons. The molecule has 4 rings (SSSR count). The van der Waals surface area contributed by atoms with Gasteiger partial charge in [-0.2, -0.15) is 0 Å². The van der Waals surface area contributed by atoms with Gasteiger partial charge in [0, 0.05) is 22.8 Å². The van der Waals surface area contributed by atoms with Crippen molar-refractivity contribution in [2.45, 2.75) is 27.0 Å². The van der Waals surface area contributed by atoms with Gasteiger partial charge in [-0.05, 0) is 25.5 Å². The summed E-state index contributed by atoms with van der Waals surface area (Å²) in [4.78, 5) is 14.4. The Morgan fingerprint density at radius 1 is 1.25 bits per heavy atom. The van der Waals surface area contributed by atoms with Crippen LogP contribution in [-0.4, -0.2) is 42.1 Å². The number of benzene rings is 1. The molecule has 0 unspecified atom stereocenters. The van der Waals surface area contributed by atoms with Crippen LogP contribution in [0.3, 0.4) is 0 Å². The van der Waals surface area contributed by atoms with Gasteiger partial charge in [-0.1, -0.05) is 35.0 Å². The highest BCUT2D eigenvalue weighted by Gasteiger charge is 2.17. The molecule has 0 bridgehead atoms. The zero-order valence-corrected chi connectivity index (χ0v) is 16.3. The normalized spacial score (nSPS) is 11.9. The summed E-state index contributed by atoms with van der Waals surface area (Å²) < 4.78 is 3.62. The van der Waals surface area contributed by atoms with Crippen molar-refractivity contribution in [3.8, 4) is 0 Å². The summed E-state index contributed by atoms with van der Waals surface area (Å²) in [5.74, 6) is 0.498. The van der Waals surface area contributed by atoms with Crippen LogP contribution in [0.15, 0.2) is 35.7 Å². The van der Waals surface area contributed by atoms with Crippen LogP contribution >= 0.6 is 11.6 Å². The van der Waals surface area contributed by atoms with E-state index in [2.05, 4.69) is 20.2 Å². The Morgan fingerprint density at radius 2 is 2.07 bits per heavy atom. The fourth-order valence-corrected chi connectivity index (χ4v) is 3.36. The fraction of sp³-hybridized carbons (Fsp3) is 0.263. The average Bonchev–Trinajstić information content (AvgIpc) is 3.21. The van der Waals surface area contributed by atoms with Gasteiger partial charge in [-0.3, -0.25) is 0 Å². The van der Waals surface area contributed by atoms with Crippen LogP contribution in [0.4, 0.5) is 0 Å². The summed E-state index contributed by atoms with van der Waals surface area (Å²) in [5.41, 5.74) is 4.38. The fourth-order valence-electron chi connectivity index (χ4n) is 3.18.